The third-order valence-corrected chi connectivity index (χ3v) is 5.50. The van der Waals surface area contributed by atoms with Crippen LogP contribution >= 0.6 is 0 Å². The summed E-state index contributed by atoms with van der Waals surface area (Å²) in [6.07, 6.45) is 7.33. The van der Waals surface area contributed by atoms with E-state index in [1.165, 1.54) is 17.7 Å². The molecule has 0 bridgehead atoms. The van der Waals surface area contributed by atoms with Crippen molar-refractivity contribution in [2.45, 2.75) is 44.4 Å². The fourth-order valence-corrected chi connectivity index (χ4v) is 4.27. The van der Waals surface area contributed by atoms with Crippen molar-refractivity contribution in [3.63, 3.8) is 0 Å². The molecule has 2 aromatic rings. The maximum Gasteiger partial charge on any atom is 0.122 e. The molecule has 2 saturated heterocycles. The number of rotatable bonds is 4. The predicted octanol–water partition coefficient (Wildman–Crippen LogP) is 2.96. The summed E-state index contributed by atoms with van der Waals surface area (Å²) in [6.45, 7) is 5.98. The second kappa shape index (κ2) is 6.81. The Bertz CT molecular complexity index is 728. The van der Waals surface area contributed by atoms with Gasteiger partial charge in [-0.15, -0.1) is 0 Å². The molecule has 2 fully saturated rings. The van der Waals surface area contributed by atoms with Gasteiger partial charge in [-0.2, -0.15) is 0 Å². The number of likely N-dealkylation sites (tertiary alicyclic amines) is 1. The van der Waals surface area contributed by atoms with Crippen LogP contribution in [0.2, 0.25) is 0 Å². The Morgan fingerprint density at radius 2 is 2.32 bits per heavy atom. The zero-order chi connectivity index (χ0) is 17.3. The van der Waals surface area contributed by atoms with Crippen molar-refractivity contribution in [3.8, 4) is 0 Å². The van der Waals surface area contributed by atoms with Gasteiger partial charge in [-0.05, 0) is 50.4 Å². The zero-order valence-corrected chi connectivity index (χ0v) is 15.2. The van der Waals surface area contributed by atoms with Crippen molar-refractivity contribution >= 4 is 5.69 Å². The lowest BCUT2D eigenvalue weighted by Gasteiger charge is -2.39. The Balaban J connectivity index is 1.38. The molecule has 134 valence electrons. The smallest absolute Gasteiger partial charge is 0.122 e. The van der Waals surface area contributed by atoms with Crippen molar-refractivity contribution < 1.29 is 4.74 Å². The first-order chi connectivity index (χ1) is 12.1. The number of benzene rings is 1. The average molecular weight is 340 g/mol. The first-order valence-corrected chi connectivity index (χ1v) is 9.28. The minimum absolute atomic E-state index is 0.00487. The molecule has 1 spiro atoms. The molecule has 2 aliphatic rings. The molecule has 5 nitrogen and oxygen atoms in total. The lowest BCUT2D eigenvalue weighted by atomic mass is 9.88. The number of aryl methyl sites for hydroxylation is 2. The van der Waals surface area contributed by atoms with Gasteiger partial charge in [0.1, 0.15) is 5.82 Å². The van der Waals surface area contributed by atoms with E-state index < -0.39 is 0 Å². The van der Waals surface area contributed by atoms with Crippen molar-refractivity contribution in [1.29, 1.82) is 0 Å². The summed E-state index contributed by atoms with van der Waals surface area (Å²) < 4.78 is 8.45. The average Bonchev–Trinajstić information content (AvgIpc) is 3.15. The molecular weight excluding hydrogens is 312 g/mol. The molecule has 5 heteroatoms. The molecule has 3 heterocycles. The number of nitrogens with zero attached hydrogens (tertiary/aromatic N) is 3. The van der Waals surface area contributed by atoms with Gasteiger partial charge in [0, 0.05) is 31.7 Å². The van der Waals surface area contributed by atoms with Gasteiger partial charge >= 0.3 is 0 Å². The topological polar surface area (TPSA) is 42.3 Å². The Morgan fingerprint density at radius 3 is 3.12 bits per heavy atom. The summed E-state index contributed by atoms with van der Waals surface area (Å²) in [7, 11) is 2.07. The van der Waals surface area contributed by atoms with Gasteiger partial charge in [-0.1, -0.05) is 12.1 Å². The molecule has 0 saturated carbocycles. The van der Waals surface area contributed by atoms with Crippen molar-refractivity contribution in [2.24, 2.45) is 7.05 Å². The van der Waals surface area contributed by atoms with Gasteiger partial charge in [-0.25, -0.2) is 4.98 Å². The highest BCUT2D eigenvalue weighted by molar-refractivity contribution is 5.46. The first-order valence-electron chi connectivity index (χ1n) is 9.28. The van der Waals surface area contributed by atoms with Gasteiger partial charge in [0.15, 0.2) is 0 Å². The molecule has 0 aliphatic carbocycles. The number of piperidine rings is 1. The van der Waals surface area contributed by atoms with Crippen LogP contribution in [0.5, 0.6) is 0 Å². The summed E-state index contributed by atoms with van der Waals surface area (Å²) in [5.74, 6) is 1.13. The van der Waals surface area contributed by atoms with E-state index in [2.05, 4.69) is 58.0 Å². The number of imidazole rings is 1. The van der Waals surface area contributed by atoms with Gasteiger partial charge in [0.05, 0.1) is 24.8 Å². The van der Waals surface area contributed by atoms with E-state index in [1.54, 1.807) is 0 Å². The molecule has 0 amide bonds. The number of hydrogen-bond donors (Lipinski definition) is 1. The van der Waals surface area contributed by atoms with E-state index in [-0.39, 0.29) is 5.60 Å². The largest absolute Gasteiger partial charge is 0.380 e. The highest BCUT2D eigenvalue weighted by Crippen LogP contribution is 2.36. The van der Waals surface area contributed by atoms with Crippen LogP contribution in [0.3, 0.4) is 0 Å². The molecule has 1 aromatic carbocycles. The monoisotopic (exact) mass is 340 g/mol. The summed E-state index contributed by atoms with van der Waals surface area (Å²) in [6, 6.07) is 8.99. The van der Waals surface area contributed by atoms with E-state index in [9.17, 15) is 0 Å². The fraction of sp³-hybridized carbons (Fsp3) is 0.550. The number of nitrogens with one attached hydrogen (secondary N) is 1. The summed E-state index contributed by atoms with van der Waals surface area (Å²) >= 11 is 0. The molecular formula is C20H28N4O. The van der Waals surface area contributed by atoms with Crippen LogP contribution in [0.4, 0.5) is 5.69 Å². The van der Waals surface area contributed by atoms with Crippen LogP contribution in [0, 0.1) is 6.92 Å². The second-order valence-corrected chi connectivity index (χ2v) is 7.68. The molecule has 0 unspecified atom stereocenters. The lowest BCUT2D eigenvalue weighted by Crippen LogP contribution is -2.48. The normalized spacial score (nSPS) is 27.0. The SMILES string of the molecule is Cc1cccc(N[C@H]2CO[C@]3(CCCN(Cc4nccn4C)C3)C2)c1. The molecule has 2 atom stereocenters. The highest BCUT2D eigenvalue weighted by atomic mass is 16.5. The Hall–Kier alpha value is -1.85. The molecule has 0 radical (unpaired) electrons. The second-order valence-electron chi connectivity index (χ2n) is 7.68. The molecule has 1 aromatic heterocycles. The maximum atomic E-state index is 6.34. The fourth-order valence-electron chi connectivity index (χ4n) is 4.27. The number of aromatic nitrogens is 2. The van der Waals surface area contributed by atoms with Crippen LogP contribution in [-0.2, 0) is 18.3 Å². The van der Waals surface area contributed by atoms with Gasteiger partial charge in [-0.3, -0.25) is 4.90 Å². The first kappa shape index (κ1) is 16.6. The van der Waals surface area contributed by atoms with E-state index in [4.69, 9.17) is 4.74 Å². The van der Waals surface area contributed by atoms with Crippen LogP contribution in [0.1, 0.15) is 30.7 Å². The zero-order valence-electron chi connectivity index (χ0n) is 15.2. The van der Waals surface area contributed by atoms with Crippen molar-refractivity contribution in [2.75, 3.05) is 25.0 Å². The standard InChI is InChI=1S/C20H28N4O/c1-16-5-3-6-17(11-16)22-18-12-20(25-14-18)7-4-9-24(15-20)13-19-21-8-10-23(19)2/h3,5-6,8,10-11,18,22H,4,7,9,12-15H2,1-2H3/t18-,20-/m1/s1. The van der Waals surface area contributed by atoms with E-state index in [1.807, 2.05) is 12.4 Å². The lowest BCUT2D eigenvalue weighted by molar-refractivity contribution is -0.0539. The quantitative estimate of drug-likeness (QED) is 0.929. The van der Waals surface area contributed by atoms with Gasteiger partial charge in [0.25, 0.3) is 0 Å². The van der Waals surface area contributed by atoms with Gasteiger partial charge in [0.2, 0.25) is 0 Å². The minimum Gasteiger partial charge on any atom is -0.380 e. The third-order valence-electron chi connectivity index (χ3n) is 5.50. The van der Waals surface area contributed by atoms with E-state index in [0.29, 0.717) is 6.04 Å². The van der Waals surface area contributed by atoms with Crippen molar-refractivity contribution in [1.82, 2.24) is 14.5 Å². The highest BCUT2D eigenvalue weighted by Gasteiger charge is 2.43. The van der Waals surface area contributed by atoms with Crippen LogP contribution in [0.15, 0.2) is 36.7 Å². The van der Waals surface area contributed by atoms with Gasteiger partial charge < -0.3 is 14.6 Å². The Labute approximate surface area is 150 Å². The maximum absolute atomic E-state index is 6.34. The number of hydrogen-bond acceptors (Lipinski definition) is 4. The summed E-state index contributed by atoms with van der Waals surface area (Å²) in [4.78, 5) is 6.97. The van der Waals surface area contributed by atoms with E-state index in [0.717, 1.165) is 44.9 Å². The van der Waals surface area contributed by atoms with Crippen LogP contribution < -0.4 is 5.32 Å². The Kier molecular flexibility index (Phi) is 4.52. The molecule has 1 N–H and O–H groups in total. The number of anilines is 1. The number of ether oxygens (including phenoxy) is 1. The van der Waals surface area contributed by atoms with Crippen molar-refractivity contribution in [3.05, 3.63) is 48.0 Å². The Morgan fingerprint density at radius 1 is 1.40 bits per heavy atom. The van der Waals surface area contributed by atoms with Crippen LogP contribution in [0.25, 0.3) is 0 Å². The van der Waals surface area contributed by atoms with Crippen LogP contribution in [-0.4, -0.2) is 45.8 Å². The third kappa shape index (κ3) is 3.72. The molecule has 4 rings (SSSR count). The minimum atomic E-state index is 0.00487. The summed E-state index contributed by atoms with van der Waals surface area (Å²) in [5.41, 5.74) is 2.49. The summed E-state index contributed by atoms with van der Waals surface area (Å²) in [5, 5.41) is 3.66. The van der Waals surface area contributed by atoms with E-state index >= 15 is 0 Å². The predicted molar refractivity (Wildman–Crippen MR) is 99.6 cm³/mol. The molecule has 25 heavy (non-hydrogen) atoms. The molecule has 2 aliphatic heterocycles.